The van der Waals surface area contributed by atoms with Gasteiger partial charge in [-0.05, 0) is 267 Å². The number of fused-ring (bicyclic) bond motifs is 1. The topological polar surface area (TPSA) is 431 Å². The van der Waals surface area contributed by atoms with Crippen molar-refractivity contribution in [2.45, 2.75) is 199 Å². The van der Waals surface area contributed by atoms with Crippen LogP contribution in [0.3, 0.4) is 0 Å². The van der Waals surface area contributed by atoms with Crippen molar-refractivity contribution in [3.63, 3.8) is 0 Å². The summed E-state index contributed by atoms with van der Waals surface area (Å²) in [6, 6.07) is 40.0. The first-order chi connectivity index (χ1) is 66.1. The Hall–Kier alpha value is -12.7. The molecular weight excluding hydrogens is 1770 g/mol. The highest BCUT2D eigenvalue weighted by Gasteiger charge is 2.69. The van der Waals surface area contributed by atoms with Gasteiger partial charge < -0.3 is 75.3 Å². The van der Waals surface area contributed by atoms with Gasteiger partial charge in [-0.1, -0.05) is 103 Å². The first-order valence-corrected chi connectivity index (χ1v) is 48.5. The molecule has 0 radical (unpaired) electrons. The molecule has 15 aliphatic rings. The Morgan fingerprint density at radius 1 is 0.420 bits per heavy atom. The molecule has 15 atom stereocenters. The number of carbonyl (C=O) groups is 6. The fraction of sp³-hybridized carbons (Fsp3) is 0.439. The zero-order valence-electron chi connectivity index (χ0n) is 78.0. The SMILES string of the molecule is CN1CC[C@]23CC(=O)CCC2[C@H]1Cc1ccc(C(=O)NCCc2ccc(-c4c[nH]c(=O)[nH]c4=O)cc2)c(O)c13.CN1CC[C@]23c4c5ccc(C(=O)NCCc6ccc(-c7c[nH]c(=O)[nH]c7=O)cc6)c4O[C@H]2C(=O)CCC3[C@H]1C5.CN1CC[C@]23c4c5ccc(O)c4O[C@H]2C(=O)CCC3[C@H]1C5.Cc1ccc2c3c1O[C@H]1C(=O)CCC4[C@@H](C2)N(C)CC[C@@]341.Cl.NCCc1ccc(-c2c[nH]c(=O)[nH]c2=O)cc1. The van der Waals surface area contributed by atoms with E-state index in [0.29, 0.717) is 163 Å². The molecule has 30 nitrogen and oxygen atoms in total. The van der Waals surface area contributed by atoms with Crippen LogP contribution in [0.15, 0.2) is 169 Å². The van der Waals surface area contributed by atoms with Gasteiger partial charge in [0.15, 0.2) is 47.2 Å². The Morgan fingerprint density at radius 2 is 0.775 bits per heavy atom. The van der Waals surface area contributed by atoms with Crippen LogP contribution in [0.5, 0.6) is 28.7 Å². The zero-order valence-corrected chi connectivity index (χ0v) is 78.8. The van der Waals surface area contributed by atoms with Crippen molar-refractivity contribution in [2.24, 2.45) is 29.4 Å². The summed E-state index contributed by atoms with van der Waals surface area (Å²) in [6.07, 6.45) is 19.3. The molecule has 10 aromatic rings. The van der Waals surface area contributed by atoms with Gasteiger partial charge in [-0.25, -0.2) is 14.4 Å². The molecule has 8 aliphatic carbocycles. The third-order valence-electron chi connectivity index (χ3n) is 34.1. The summed E-state index contributed by atoms with van der Waals surface area (Å²) in [6.45, 7) is 7.40. The van der Waals surface area contributed by atoms with Gasteiger partial charge in [-0.15, -0.1) is 12.4 Å². The number of benzene rings is 7. The van der Waals surface area contributed by atoms with Crippen LogP contribution in [-0.2, 0) is 85.8 Å². The number of phenolic OH excluding ortho intramolecular Hbond substituents is 2. The number of aryl methyl sites for hydroxylation is 1. The van der Waals surface area contributed by atoms with E-state index in [4.69, 9.17) is 19.9 Å². The van der Waals surface area contributed by atoms with Crippen molar-refractivity contribution in [3.05, 3.63) is 280 Å². The molecule has 138 heavy (non-hydrogen) atoms. The molecule has 31 heteroatoms. The van der Waals surface area contributed by atoms with Crippen molar-refractivity contribution in [3.8, 4) is 62.1 Å². The second kappa shape index (κ2) is 36.3. The summed E-state index contributed by atoms with van der Waals surface area (Å²) in [7, 11) is 8.78. The van der Waals surface area contributed by atoms with E-state index in [-0.39, 0.29) is 92.6 Å². The number of aromatic hydroxyl groups is 2. The van der Waals surface area contributed by atoms with Gasteiger partial charge in [0, 0.05) is 132 Å². The van der Waals surface area contributed by atoms with E-state index < -0.39 is 39.7 Å². The van der Waals surface area contributed by atoms with E-state index in [1.54, 1.807) is 24.3 Å². The number of hydrogen-bond acceptors (Lipinski definition) is 22. The molecule has 7 aliphatic heterocycles. The van der Waals surface area contributed by atoms with Gasteiger partial charge in [0.2, 0.25) is 0 Å². The molecule has 718 valence electrons. The van der Waals surface area contributed by atoms with Gasteiger partial charge in [0.25, 0.3) is 28.5 Å². The molecule has 4 saturated carbocycles. The number of Topliss-reactive ketones (excluding diaryl/α,β-unsaturated/α-hetero) is 4. The molecular formula is C107H116ClN13O17. The number of likely N-dealkylation sites (tertiary alicyclic amines) is 4. The number of ketones is 4. The number of nitrogens with zero attached hydrogens (tertiary/aromatic N) is 4. The fourth-order valence-electron chi connectivity index (χ4n) is 27.6. The highest BCUT2D eigenvalue weighted by atomic mass is 35.5. The lowest BCUT2D eigenvalue weighted by Crippen LogP contribution is -2.65. The van der Waals surface area contributed by atoms with Crippen molar-refractivity contribution in [1.29, 1.82) is 0 Å². The van der Waals surface area contributed by atoms with Crippen LogP contribution in [0.4, 0.5) is 0 Å². The van der Waals surface area contributed by atoms with Crippen molar-refractivity contribution < 1.29 is 53.2 Å². The van der Waals surface area contributed by atoms with Crippen molar-refractivity contribution >= 4 is 47.4 Å². The van der Waals surface area contributed by atoms with E-state index in [0.717, 1.165) is 160 Å². The number of halogens is 1. The third-order valence-corrected chi connectivity index (χ3v) is 34.1. The number of nitrogens with two attached hydrogens (primary N) is 1. The van der Waals surface area contributed by atoms with Gasteiger partial charge in [-0.2, -0.15) is 0 Å². The fourth-order valence-corrected chi connectivity index (χ4v) is 27.6. The number of ether oxygens (including phenoxy) is 3. The molecule has 8 fully saturated rings. The van der Waals surface area contributed by atoms with Crippen LogP contribution in [0.2, 0.25) is 0 Å². The molecule has 7 aromatic carbocycles. The Morgan fingerprint density at radius 3 is 1.21 bits per heavy atom. The number of carbonyl (C=O) groups excluding carboxylic acids is 6. The van der Waals surface area contributed by atoms with Crippen LogP contribution >= 0.6 is 12.4 Å². The number of rotatable bonds is 13. The van der Waals surface area contributed by atoms with Crippen LogP contribution < -0.4 is 64.3 Å². The van der Waals surface area contributed by atoms with Crippen LogP contribution in [0.1, 0.15) is 171 Å². The molecule has 25 rings (SSSR count). The predicted molar refractivity (Wildman–Crippen MR) is 520 cm³/mol. The highest BCUT2D eigenvalue weighted by molar-refractivity contribution is 6.00. The maximum Gasteiger partial charge on any atom is 0.325 e. The molecule has 4 saturated heterocycles. The van der Waals surface area contributed by atoms with Crippen molar-refractivity contribution in [2.75, 3.05) is 74.0 Å². The van der Waals surface area contributed by atoms with Crippen LogP contribution in [0, 0.1) is 30.6 Å². The lowest BCUT2D eigenvalue weighted by atomic mass is 9.51. The minimum absolute atomic E-state index is 0. The predicted octanol–water partition coefficient (Wildman–Crippen LogP) is 8.73. The average Bonchev–Trinajstić information content (AvgIpc) is 1.49. The summed E-state index contributed by atoms with van der Waals surface area (Å²) in [5, 5.41) is 27.6. The van der Waals surface area contributed by atoms with Gasteiger partial charge in [0.05, 0.1) is 27.8 Å². The number of aromatic nitrogens is 6. The largest absolute Gasteiger partial charge is 0.507 e. The number of hydrogen-bond donors (Lipinski definition) is 11. The Labute approximate surface area is 801 Å². The van der Waals surface area contributed by atoms with Crippen LogP contribution in [-0.4, -0.2) is 211 Å². The zero-order chi connectivity index (χ0) is 95.2. The molecule has 12 N–H and O–H groups in total. The average molecular weight is 1890 g/mol. The van der Waals surface area contributed by atoms with E-state index in [1.165, 1.54) is 46.4 Å². The minimum atomic E-state index is -0.552. The second-order valence-electron chi connectivity index (χ2n) is 40.7. The van der Waals surface area contributed by atoms with Gasteiger partial charge >= 0.3 is 17.1 Å². The molecule has 4 unspecified atom stereocenters. The minimum Gasteiger partial charge on any atom is -0.507 e. The molecule has 8 bridgehead atoms. The molecule has 10 heterocycles. The van der Waals surface area contributed by atoms with Gasteiger partial charge in [-0.3, -0.25) is 58.1 Å². The monoisotopic (exact) mass is 1890 g/mol. The summed E-state index contributed by atoms with van der Waals surface area (Å²) in [5.74, 6) is 4.67. The lowest BCUT2D eigenvalue weighted by molar-refractivity contribution is -0.138. The van der Waals surface area contributed by atoms with E-state index in [1.807, 2.05) is 78.9 Å². The Balaban J connectivity index is 0.000000110. The summed E-state index contributed by atoms with van der Waals surface area (Å²) in [5.41, 5.74) is 19.6. The summed E-state index contributed by atoms with van der Waals surface area (Å²) in [4.78, 5) is 170. The molecule has 2 amide bonds. The number of likely N-dealkylation sites (N-methyl/N-ethyl adjacent to an activating group) is 4. The van der Waals surface area contributed by atoms with E-state index >= 15 is 0 Å². The van der Waals surface area contributed by atoms with Crippen LogP contribution in [0.25, 0.3) is 33.4 Å². The first-order valence-electron chi connectivity index (χ1n) is 48.5. The van der Waals surface area contributed by atoms with E-state index in [2.05, 4.69) is 113 Å². The first kappa shape index (κ1) is 93.0. The standard InChI is InChI=1S/C30H30N4O5.C30H32N4O5.C18H21NO2.C17H19NO3.C12H13N3O2.ClH/c1-34-13-11-30-21-8-9-23(35)26(30)39-25-19(7-6-18(24(25)30)14-22(21)34)27(36)31-12-10-16-2-4-17(5-3-16)20-15-32-29(38)33-28(20)37;1-34-13-11-30-15-20(35)7-9-23(30)24(34)14-19-6-8-21(26(36)25(19)30)27(37)31-12-10-17-2-4-18(5-3-17)22-16-32-29(39)33-28(22)38;1-10-3-4-11-9-13-12-5-6-14(20)17-18(12,7-8-19(13)2)15(11)16(10)21-17;1-18-7-6-17-10-3-5-13(20)16(17)21-15-12(19)4-2-9(14(15)17)8-11(10)18;13-6-5-8-1-3-9(4-2-8)10-7-14-12(17)15-11(10)16;/h2-7,15,21-22,26H,8-14H2,1H3,(H,31,36)(H2,32,33,37,38);2-6,8,16,23-24,36H,7,9-15H2,1H3,(H,31,37)(H2,32,33,38,39);3-4,12-13,17H,5-9H2,1-2H3;2,4,10-11,16,19H,3,5-8H2,1H3;1-4,7H,5-6,13H2,(H2,14,15,16,17);1H/t21?,22-,26+,30+;23?,24-,30+;12?,13-,17+,18+;10?,11-,16+,17+;;/m1111../s1. The molecule has 3 aromatic heterocycles. The van der Waals surface area contributed by atoms with Gasteiger partial charge in [0.1, 0.15) is 23.0 Å². The second-order valence-corrected chi connectivity index (χ2v) is 40.7. The maximum absolute atomic E-state index is 13.4. The Kier molecular flexibility index (Phi) is 24.4. The molecule has 3 spiro atoms. The maximum atomic E-state index is 13.4. The third kappa shape index (κ3) is 15.4. The normalized spacial score (nSPS) is 27.7. The quantitative estimate of drug-likeness (QED) is 0.0513. The number of amides is 2. The van der Waals surface area contributed by atoms with E-state index in [9.17, 15) is 67.7 Å². The Bertz CT molecular complexity index is 6860. The lowest BCUT2D eigenvalue weighted by Gasteiger charge is -2.58. The number of H-pyrrole nitrogens is 6. The number of piperidine rings is 4. The summed E-state index contributed by atoms with van der Waals surface area (Å²) < 4.78 is 18.8. The number of aromatic amines is 6. The van der Waals surface area contributed by atoms with Crippen molar-refractivity contribution in [1.82, 2.24) is 60.1 Å². The number of phenols is 2. The number of nitrogens with one attached hydrogen (secondary N) is 8. The highest BCUT2D eigenvalue weighted by Crippen LogP contribution is 2.67. The smallest absolute Gasteiger partial charge is 0.325 e. The summed E-state index contributed by atoms with van der Waals surface area (Å²) >= 11 is 0.